The predicted octanol–water partition coefficient (Wildman–Crippen LogP) is 4.07. The molecule has 0 saturated heterocycles. The number of Topliss-reactive ketones (excluding diaryl/α,β-unsaturated/α-hetero) is 1. The minimum atomic E-state index is -0.0603. The number of carbonyl (C=O) groups is 2. The number of carbonyl (C=O) groups excluding carboxylic acids is 2. The van der Waals surface area contributed by atoms with Crippen LogP contribution in [0.5, 0.6) is 0 Å². The van der Waals surface area contributed by atoms with Gasteiger partial charge in [-0.05, 0) is 49.3 Å². The Morgan fingerprint density at radius 1 is 1.24 bits per heavy atom. The number of hydrogen-bond donors (Lipinski definition) is 1. The molecule has 0 spiro atoms. The summed E-state index contributed by atoms with van der Waals surface area (Å²) >= 11 is 0. The number of ketones is 1. The van der Waals surface area contributed by atoms with Crippen molar-refractivity contribution in [3.05, 3.63) is 52.3 Å². The predicted molar refractivity (Wildman–Crippen MR) is 98.4 cm³/mol. The number of nitrogens with one attached hydrogen (secondary N) is 1. The van der Waals surface area contributed by atoms with E-state index in [2.05, 4.69) is 31.8 Å². The fraction of sp³-hybridized carbons (Fsp3) is 0.429. The second-order valence-electron chi connectivity index (χ2n) is 8.28. The van der Waals surface area contributed by atoms with Gasteiger partial charge in [0.15, 0.2) is 5.78 Å². The van der Waals surface area contributed by atoms with E-state index in [4.69, 9.17) is 0 Å². The molecule has 25 heavy (non-hydrogen) atoms. The normalized spacial score (nSPS) is 21.2. The highest BCUT2D eigenvalue weighted by Crippen LogP contribution is 2.38. The van der Waals surface area contributed by atoms with Crippen molar-refractivity contribution in [1.82, 2.24) is 4.98 Å². The van der Waals surface area contributed by atoms with Gasteiger partial charge in [-0.25, -0.2) is 0 Å². The van der Waals surface area contributed by atoms with E-state index in [-0.39, 0.29) is 23.1 Å². The van der Waals surface area contributed by atoms with Crippen LogP contribution in [0.1, 0.15) is 64.9 Å². The third-order valence-corrected chi connectivity index (χ3v) is 5.54. The molecule has 2 heterocycles. The van der Waals surface area contributed by atoms with Gasteiger partial charge in [0, 0.05) is 29.4 Å². The first kappa shape index (κ1) is 16.1. The molecular formula is C21H24N2O2. The minimum absolute atomic E-state index is 0.0324. The second kappa shape index (κ2) is 5.32. The lowest BCUT2D eigenvalue weighted by molar-refractivity contribution is 0.0910. The molecule has 0 radical (unpaired) electrons. The molecule has 1 aromatic carbocycles. The number of amides is 1. The van der Waals surface area contributed by atoms with Gasteiger partial charge in [0.2, 0.25) is 0 Å². The van der Waals surface area contributed by atoms with Gasteiger partial charge in [0.25, 0.3) is 5.91 Å². The van der Waals surface area contributed by atoms with Crippen LogP contribution >= 0.6 is 0 Å². The molecule has 2 aromatic rings. The largest absolute Gasteiger partial charge is 0.354 e. The molecule has 1 aromatic heterocycles. The fourth-order valence-electron chi connectivity index (χ4n) is 4.44. The number of aromatic nitrogens is 1. The van der Waals surface area contributed by atoms with Crippen LogP contribution in [0.2, 0.25) is 0 Å². The molecule has 4 nitrogen and oxygen atoms in total. The number of para-hydroxylation sites is 1. The Morgan fingerprint density at radius 3 is 2.72 bits per heavy atom. The summed E-state index contributed by atoms with van der Waals surface area (Å²) in [5.41, 5.74) is 5.16. The zero-order chi connectivity index (χ0) is 17.9. The van der Waals surface area contributed by atoms with E-state index in [1.54, 1.807) is 0 Å². The van der Waals surface area contributed by atoms with Crippen molar-refractivity contribution in [3.8, 4) is 0 Å². The van der Waals surface area contributed by atoms with Gasteiger partial charge in [-0.2, -0.15) is 0 Å². The number of benzene rings is 1. The molecule has 0 saturated carbocycles. The van der Waals surface area contributed by atoms with Crippen molar-refractivity contribution in [1.29, 1.82) is 0 Å². The molecule has 1 aliphatic heterocycles. The van der Waals surface area contributed by atoms with E-state index >= 15 is 0 Å². The summed E-state index contributed by atoms with van der Waals surface area (Å²) in [5, 5.41) is 0. The van der Waals surface area contributed by atoms with Gasteiger partial charge < -0.3 is 9.88 Å². The van der Waals surface area contributed by atoms with E-state index in [0.717, 1.165) is 35.3 Å². The summed E-state index contributed by atoms with van der Waals surface area (Å²) in [5.74, 6) is 0.115. The Hall–Kier alpha value is -2.36. The number of anilines is 1. The molecule has 2 aliphatic rings. The topological polar surface area (TPSA) is 53.2 Å². The first-order valence-corrected chi connectivity index (χ1v) is 8.94. The molecule has 1 atom stereocenters. The van der Waals surface area contributed by atoms with E-state index in [0.29, 0.717) is 12.1 Å². The van der Waals surface area contributed by atoms with Gasteiger partial charge in [-0.1, -0.05) is 32.0 Å². The maximum atomic E-state index is 13.3. The third kappa shape index (κ3) is 2.43. The number of rotatable bonds is 1. The van der Waals surface area contributed by atoms with Crippen molar-refractivity contribution in [2.45, 2.75) is 53.0 Å². The van der Waals surface area contributed by atoms with Crippen LogP contribution in [-0.2, 0) is 12.8 Å². The molecule has 4 rings (SSSR count). The average Bonchev–Trinajstić information content (AvgIpc) is 3.02. The summed E-state index contributed by atoms with van der Waals surface area (Å²) in [6, 6.07) is 8.19. The molecule has 130 valence electrons. The fourth-order valence-corrected chi connectivity index (χ4v) is 4.44. The summed E-state index contributed by atoms with van der Waals surface area (Å²) in [6.07, 6.45) is 2.21. The minimum Gasteiger partial charge on any atom is -0.354 e. The molecule has 1 amide bonds. The summed E-state index contributed by atoms with van der Waals surface area (Å²) in [6.45, 7) is 8.17. The van der Waals surface area contributed by atoms with Gasteiger partial charge in [0.05, 0.1) is 0 Å². The smallest absolute Gasteiger partial charge is 0.275 e. The van der Waals surface area contributed by atoms with Crippen molar-refractivity contribution < 1.29 is 9.59 Å². The van der Waals surface area contributed by atoms with E-state index in [9.17, 15) is 9.59 Å². The van der Waals surface area contributed by atoms with E-state index in [1.807, 2.05) is 30.0 Å². The number of hydrogen-bond acceptors (Lipinski definition) is 2. The van der Waals surface area contributed by atoms with Crippen LogP contribution in [0.4, 0.5) is 5.69 Å². The Kier molecular flexibility index (Phi) is 3.43. The summed E-state index contributed by atoms with van der Waals surface area (Å²) in [4.78, 5) is 31.1. The first-order valence-electron chi connectivity index (χ1n) is 8.94. The van der Waals surface area contributed by atoms with Crippen molar-refractivity contribution in [2.75, 3.05) is 4.90 Å². The Labute approximate surface area is 148 Å². The van der Waals surface area contributed by atoms with Crippen LogP contribution in [-0.4, -0.2) is 22.7 Å². The quantitative estimate of drug-likeness (QED) is 0.853. The standard InChI is InChI=1S/C21H24N2O2/c1-12-9-14-7-5-6-8-16(14)23(12)20(25)19-13(2)18-15(22-19)10-21(3,4)11-17(18)24/h5-8,12,22H,9-11H2,1-4H3. The van der Waals surface area contributed by atoms with Gasteiger partial charge >= 0.3 is 0 Å². The highest BCUT2D eigenvalue weighted by atomic mass is 16.2. The number of nitrogens with zero attached hydrogens (tertiary/aromatic N) is 1. The molecule has 0 fully saturated rings. The van der Waals surface area contributed by atoms with Crippen molar-refractivity contribution >= 4 is 17.4 Å². The molecule has 0 bridgehead atoms. The summed E-state index contributed by atoms with van der Waals surface area (Å²) in [7, 11) is 0. The Balaban J connectivity index is 1.77. The summed E-state index contributed by atoms with van der Waals surface area (Å²) < 4.78 is 0. The average molecular weight is 336 g/mol. The lowest BCUT2D eigenvalue weighted by Crippen LogP contribution is -2.36. The molecule has 4 heteroatoms. The van der Waals surface area contributed by atoms with E-state index < -0.39 is 0 Å². The SMILES string of the molecule is Cc1c(C(=O)N2c3ccccc3CC2C)[nH]c2c1C(=O)CC(C)(C)C2. The van der Waals surface area contributed by atoms with Gasteiger partial charge in [0.1, 0.15) is 5.69 Å². The van der Waals surface area contributed by atoms with Crippen LogP contribution < -0.4 is 4.90 Å². The van der Waals surface area contributed by atoms with Gasteiger partial charge in [-0.15, -0.1) is 0 Å². The molecule has 1 N–H and O–H groups in total. The lowest BCUT2D eigenvalue weighted by atomic mass is 9.75. The van der Waals surface area contributed by atoms with Crippen LogP contribution in [0, 0.1) is 12.3 Å². The van der Waals surface area contributed by atoms with Crippen LogP contribution in [0.25, 0.3) is 0 Å². The van der Waals surface area contributed by atoms with Crippen molar-refractivity contribution in [2.24, 2.45) is 5.41 Å². The van der Waals surface area contributed by atoms with Gasteiger partial charge in [-0.3, -0.25) is 9.59 Å². The first-order chi connectivity index (χ1) is 11.8. The Morgan fingerprint density at radius 2 is 1.96 bits per heavy atom. The highest BCUT2D eigenvalue weighted by molar-refractivity contribution is 6.10. The molecule has 1 unspecified atom stereocenters. The lowest BCUT2D eigenvalue weighted by Gasteiger charge is -2.28. The zero-order valence-corrected chi connectivity index (χ0v) is 15.3. The third-order valence-electron chi connectivity index (χ3n) is 5.54. The van der Waals surface area contributed by atoms with Crippen molar-refractivity contribution in [3.63, 3.8) is 0 Å². The highest BCUT2D eigenvalue weighted by Gasteiger charge is 2.38. The van der Waals surface area contributed by atoms with Crippen LogP contribution in [0.3, 0.4) is 0 Å². The van der Waals surface area contributed by atoms with Crippen LogP contribution in [0.15, 0.2) is 24.3 Å². The number of aromatic amines is 1. The maximum absolute atomic E-state index is 13.3. The zero-order valence-electron chi connectivity index (χ0n) is 15.3. The number of fused-ring (bicyclic) bond motifs is 2. The molecule has 1 aliphatic carbocycles. The monoisotopic (exact) mass is 336 g/mol. The Bertz CT molecular complexity index is 891. The maximum Gasteiger partial charge on any atom is 0.275 e. The second-order valence-corrected chi connectivity index (χ2v) is 8.28. The molecular weight excluding hydrogens is 312 g/mol. The van der Waals surface area contributed by atoms with E-state index in [1.165, 1.54) is 5.56 Å². The number of H-pyrrole nitrogens is 1.